The van der Waals surface area contributed by atoms with E-state index in [0.717, 1.165) is 75.0 Å². The third-order valence-corrected chi connectivity index (χ3v) is 6.24. The van der Waals surface area contributed by atoms with E-state index in [1.54, 1.807) is 0 Å². The lowest BCUT2D eigenvalue weighted by Crippen LogP contribution is -2.43. The molecule has 0 spiro atoms. The standard InChI is InChI=1S/C21H28BrN5O/c1-25(20-6-9-23-21(24-20)27-12-14-28-15-13-27)19-7-10-26(11-8-19)16-17-2-4-18(22)5-3-17/h2-6,9,19H,7-8,10-16H2,1H3. The Morgan fingerprint density at radius 1 is 1.07 bits per heavy atom. The van der Waals surface area contributed by atoms with Crippen LogP contribution in [0.1, 0.15) is 18.4 Å². The Balaban J connectivity index is 1.33. The van der Waals surface area contributed by atoms with Gasteiger partial charge in [0.25, 0.3) is 0 Å². The number of likely N-dealkylation sites (tertiary alicyclic amines) is 1. The smallest absolute Gasteiger partial charge is 0.227 e. The molecule has 4 rings (SSSR count). The van der Waals surface area contributed by atoms with Crippen LogP contribution in [0.25, 0.3) is 0 Å². The largest absolute Gasteiger partial charge is 0.378 e. The first-order valence-corrected chi connectivity index (χ1v) is 10.8. The maximum atomic E-state index is 5.44. The molecule has 28 heavy (non-hydrogen) atoms. The minimum atomic E-state index is 0.522. The summed E-state index contributed by atoms with van der Waals surface area (Å²) in [5, 5.41) is 0. The molecule has 2 saturated heterocycles. The monoisotopic (exact) mass is 445 g/mol. The number of halogens is 1. The van der Waals surface area contributed by atoms with E-state index < -0.39 is 0 Å². The van der Waals surface area contributed by atoms with Crippen molar-refractivity contribution in [2.45, 2.75) is 25.4 Å². The lowest BCUT2D eigenvalue weighted by atomic mass is 10.0. The van der Waals surface area contributed by atoms with Crippen LogP contribution in [0.4, 0.5) is 11.8 Å². The van der Waals surface area contributed by atoms with E-state index in [9.17, 15) is 0 Å². The van der Waals surface area contributed by atoms with Gasteiger partial charge >= 0.3 is 0 Å². The second-order valence-electron chi connectivity index (χ2n) is 7.56. The van der Waals surface area contributed by atoms with Crippen molar-refractivity contribution >= 4 is 27.7 Å². The van der Waals surface area contributed by atoms with Crippen LogP contribution in [-0.2, 0) is 11.3 Å². The molecule has 2 aromatic rings. The summed E-state index contributed by atoms with van der Waals surface area (Å²) in [5.74, 6) is 1.84. The topological polar surface area (TPSA) is 44.7 Å². The maximum absolute atomic E-state index is 5.44. The first-order valence-electron chi connectivity index (χ1n) is 10.0. The van der Waals surface area contributed by atoms with Crippen molar-refractivity contribution in [2.24, 2.45) is 0 Å². The Hall–Kier alpha value is -1.70. The quantitative estimate of drug-likeness (QED) is 0.703. The van der Waals surface area contributed by atoms with Crippen LogP contribution in [0.3, 0.4) is 0 Å². The molecule has 3 heterocycles. The van der Waals surface area contributed by atoms with Crippen molar-refractivity contribution in [3.63, 3.8) is 0 Å². The number of hydrogen-bond acceptors (Lipinski definition) is 6. The third kappa shape index (κ3) is 4.82. The van der Waals surface area contributed by atoms with Gasteiger partial charge in [-0.25, -0.2) is 4.98 Å². The number of piperidine rings is 1. The van der Waals surface area contributed by atoms with E-state index in [0.29, 0.717) is 6.04 Å². The average molecular weight is 446 g/mol. The van der Waals surface area contributed by atoms with E-state index in [2.05, 4.69) is 66.9 Å². The molecule has 0 atom stereocenters. The Morgan fingerprint density at radius 3 is 2.50 bits per heavy atom. The average Bonchev–Trinajstić information content (AvgIpc) is 2.76. The highest BCUT2D eigenvalue weighted by atomic mass is 79.9. The number of hydrogen-bond donors (Lipinski definition) is 0. The van der Waals surface area contributed by atoms with Crippen LogP contribution in [0.5, 0.6) is 0 Å². The molecular formula is C21H28BrN5O. The van der Waals surface area contributed by atoms with Crippen LogP contribution < -0.4 is 9.80 Å². The zero-order valence-corrected chi connectivity index (χ0v) is 18.0. The summed E-state index contributed by atoms with van der Waals surface area (Å²) in [6, 6.07) is 11.2. The Labute approximate surface area is 175 Å². The number of morpholine rings is 1. The van der Waals surface area contributed by atoms with Crippen molar-refractivity contribution in [3.8, 4) is 0 Å². The summed E-state index contributed by atoms with van der Waals surface area (Å²) < 4.78 is 6.57. The highest BCUT2D eigenvalue weighted by molar-refractivity contribution is 9.10. The Bertz CT molecular complexity index is 758. The fourth-order valence-electron chi connectivity index (χ4n) is 3.95. The summed E-state index contributed by atoms with van der Waals surface area (Å²) >= 11 is 3.51. The zero-order chi connectivity index (χ0) is 19.3. The van der Waals surface area contributed by atoms with Crippen LogP contribution in [-0.4, -0.2) is 67.4 Å². The SMILES string of the molecule is CN(c1ccnc(N2CCOCC2)n1)C1CCN(Cc2ccc(Br)cc2)CC1. The highest BCUT2D eigenvalue weighted by Crippen LogP contribution is 2.23. The first kappa shape index (κ1) is 19.6. The fraction of sp³-hybridized carbons (Fsp3) is 0.524. The van der Waals surface area contributed by atoms with Gasteiger partial charge in [-0.05, 0) is 36.6 Å². The molecule has 1 aromatic carbocycles. The summed E-state index contributed by atoms with van der Waals surface area (Å²) in [5.41, 5.74) is 1.38. The van der Waals surface area contributed by atoms with Crippen LogP contribution >= 0.6 is 15.9 Å². The number of aromatic nitrogens is 2. The van der Waals surface area contributed by atoms with Crippen molar-refractivity contribution in [1.82, 2.24) is 14.9 Å². The van der Waals surface area contributed by atoms with Crippen molar-refractivity contribution < 1.29 is 4.74 Å². The van der Waals surface area contributed by atoms with Crippen molar-refractivity contribution in [2.75, 3.05) is 56.2 Å². The van der Waals surface area contributed by atoms with Crippen molar-refractivity contribution in [1.29, 1.82) is 0 Å². The summed E-state index contributed by atoms with van der Waals surface area (Å²) in [6.07, 6.45) is 4.19. The number of rotatable bonds is 5. The van der Waals surface area contributed by atoms with Crippen LogP contribution in [0.2, 0.25) is 0 Å². The van der Waals surface area contributed by atoms with Crippen molar-refractivity contribution in [3.05, 3.63) is 46.6 Å². The fourth-order valence-corrected chi connectivity index (χ4v) is 4.22. The van der Waals surface area contributed by atoms with Crippen LogP contribution in [0, 0.1) is 0 Å². The number of ether oxygens (including phenoxy) is 1. The third-order valence-electron chi connectivity index (χ3n) is 5.71. The molecule has 0 radical (unpaired) electrons. The molecular weight excluding hydrogens is 418 g/mol. The predicted molar refractivity (Wildman–Crippen MR) is 116 cm³/mol. The molecule has 7 heteroatoms. The molecule has 0 saturated carbocycles. The summed E-state index contributed by atoms with van der Waals surface area (Å²) in [7, 11) is 2.17. The molecule has 0 unspecified atom stereocenters. The van der Waals surface area contributed by atoms with Crippen LogP contribution in [0.15, 0.2) is 41.0 Å². The molecule has 0 aliphatic carbocycles. The zero-order valence-electron chi connectivity index (χ0n) is 16.4. The molecule has 0 N–H and O–H groups in total. The minimum absolute atomic E-state index is 0.522. The van der Waals surface area contributed by atoms with E-state index in [4.69, 9.17) is 9.72 Å². The normalized spacial score (nSPS) is 19.0. The van der Waals surface area contributed by atoms with Gasteiger partial charge in [0.05, 0.1) is 13.2 Å². The number of nitrogens with zero attached hydrogens (tertiary/aromatic N) is 5. The molecule has 2 aliphatic rings. The van der Waals surface area contributed by atoms with E-state index in [1.165, 1.54) is 5.56 Å². The lowest BCUT2D eigenvalue weighted by Gasteiger charge is -2.37. The van der Waals surface area contributed by atoms with E-state index in [-0.39, 0.29) is 0 Å². The Kier molecular flexibility index (Phi) is 6.44. The summed E-state index contributed by atoms with van der Waals surface area (Å²) in [4.78, 5) is 16.4. The van der Waals surface area contributed by atoms with Gasteiger partial charge < -0.3 is 14.5 Å². The minimum Gasteiger partial charge on any atom is -0.378 e. The predicted octanol–water partition coefficient (Wildman–Crippen LogP) is 3.18. The molecule has 2 fully saturated rings. The second kappa shape index (κ2) is 9.20. The highest BCUT2D eigenvalue weighted by Gasteiger charge is 2.24. The summed E-state index contributed by atoms with van der Waals surface area (Å²) in [6.45, 7) is 6.49. The van der Waals surface area contributed by atoms with Gasteiger partial charge in [0.2, 0.25) is 5.95 Å². The van der Waals surface area contributed by atoms with Gasteiger partial charge in [-0.2, -0.15) is 4.98 Å². The molecule has 6 nitrogen and oxygen atoms in total. The van der Waals surface area contributed by atoms with Gasteiger partial charge in [0.15, 0.2) is 0 Å². The maximum Gasteiger partial charge on any atom is 0.227 e. The van der Waals surface area contributed by atoms with E-state index >= 15 is 0 Å². The van der Waals surface area contributed by atoms with Gasteiger partial charge in [0.1, 0.15) is 5.82 Å². The molecule has 1 aromatic heterocycles. The molecule has 150 valence electrons. The Morgan fingerprint density at radius 2 is 1.79 bits per heavy atom. The molecule has 0 bridgehead atoms. The van der Waals surface area contributed by atoms with Gasteiger partial charge in [0, 0.05) is 56.5 Å². The van der Waals surface area contributed by atoms with E-state index in [1.807, 2.05) is 12.3 Å². The van der Waals surface area contributed by atoms with Gasteiger partial charge in [-0.1, -0.05) is 28.1 Å². The lowest BCUT2D eigenvalue weighted by molar-refractivity contribution is 0.122. The number of anilines is 2. The van der Waals surface area contributed by atoms with Gasteiger partial charge in [-0.15, -0.1) is 0 Å². The molecule has 0 amide bonds. The number of benzene rings is 1. The molecule has 2 aliphatic heterocycles. The van der Waals surface area contributed by atoms with Gasteiger partial charge in [-0.3, -0.25) is 4.90 Å². The first-order chi connectivity index (χ1) is 13.7. The second-order valence-corrected chi connectivity index (χ2v) is 8.47.